The van der Waals surface area contributed by atoms with Gasteiger partial charge in [-0.15, -0.1) is 0 Å². The summed E-state index contributed by atoms with van der Waals surface area (Å²) < 4.78 is 24.5. The van der Waals surface area contributed by atoms with Gasteiger partial charge >= 0.3 is 0 Å². The monoisotopic (exact) mass is 201 g/mol. The Hall–Kier alpha value is -0.493. The fourth-order valence-corrected chi connectivity index (χ4v) is 2.32. The molecule has 0 amide bonds. The van der Waals surface area contributed by atoms with Crippen molar-refractivity contribution < 1.29 is 12.6 Å². The molecule has 0 radical (unpaired) electrons. The van der Waals surface area contributed by atoms with Gasteiger partial charge in [0.05, 0.1) is 11.4 Å². The first-order valence-electron chi connectivity index (χ1n) is 3.55. The molecule has 12 heavy (non-hydrogen) atoms. The van der Waals surface area contributed by atoms with Gasteiger partial charge in [-0.3, -0.25) is 0 Å². The highest BCUT2D eigenvalue weighted by molar-refractivity contribution is 7.74. The maximum atomic E-state index is 10.0. The van der Waals surface area contributed by atoms with Crippen LogP contribution in [0.5, 0.6) is 0 Å². The normalized spacial score (nSPS) is 13.8. The van der Waals surface area contributed by atoms with Gasteiger partial charge in [0, 0.05) is 0 Å². The Labute approximate surface area is 76.2 Å². The molecule has 0 aliphatic carbocycles. The second kappa shape index (κ2) is 5.21. The van der Waals surface area contributed by atoms with E-state index in [0.29, 0.717) is 0 Å². The van der Waals surface area contributed by atoms with Crippen molar-refractivity contribution in [1.29, 1.82) is 0 Å². The molecule has 5 heteroatoms. The molecule has 3 nitrogen and oxygen atoms in total. The highest BCUT2D eigenvalue weighted by Gasteiger charge is 1.92. The van der Waals surface area contributed by atoms with Crippen molar-refractivity contribution in [2.24, 2.45) is 0 Å². The van der Waals surface area contributed by atoms with Gasteiger partial charge in [0.2, 0.25) is 0 Å². The van der Waals surface area contributed by atoms with E-state index in [4.69, 9.17) is 0 Å². The molecule has 1 unspecified atom stereocenters. The van der Waals surface area contributed by atoms with Crippen LogP contribution in [0.1, 0.15) is 5.56 Å². The average molecular weight is 201 g/mol. The minimum absolute atomic E-state index is 0.759. The lowest BCUT2D eigenvalue weighted by molar-refractivity contribution is 0.450. The molecular weight excluding hydrogens is 192 g/mol. The topological polar surface area (TPSA) is 49.4 Å². The van der Waals surface area contributed by atoms with Crippen LogP contribution in [0.2, 0.25) is 0 Å². The van der Waals surface area contributed by atoms with Crippen LogP contribution in [-0.4, -0.2) is 18.5 Å². The molecule has 0 N–H and O–H groups in total. The van der Waals surface area contributed by atoms with Gasteiger partial charge in [-0.2, -0.15) is 0 Å². The average Bonchev–Trinajstić information content (AvgIpc) is 2.05. The second-order valence-corrected chi connectivity index (χ2v) is 4.52. The predicted octanol–water partition coefficient (Wildman–Crippen LogP) is 0.0811. The van der Waals surface area contributed by atoms with Crippen LogP contribution >= 0.6 is 0 Å². The van der Waals surface area contributed by atoms with E-state index in [2.05, 4.69) is 3.87 Å². The first kappa shape index (κ1) is 9.59. The summed E-state index contributed by atoms with van der Waals surface area (Å²) in [7, 11) is -0.947. The molecule has 66 valence electrons. The second-order valence-electron chi connectivity index (χ2n) is 2.26. The molecule has 0 bridgehead atoms. The Kier molecular flexibility index (Phi) is 4.16. The Morgan fingerprint density at radius 3 is 2.67 bits per heavy atom. The molecule has 0 aliphatic rings. The third kappa shape index (κ3) is 3.77. The Morgan fingerprint density at radius 1 is 1.42 bits per heavy atom. The summed E-state index contributed by atoms with van der Waals surface area (Å²) in [6.45, 7) is 0. The lowest BCUT2D eigenvalue weighted by atomic mass is 10.2. The Balaban J connectivity index is 2.29. The molecule has 1 rings (SSSR count). The number of rotatable bonds is 4. The van der Waals surface area contributed by atoms with Gasteiger partial charge in [-0.25, -0.2) is 4.21 Å². The molecular formula is C7H9O3SSi-. The van der Waals surface area contributed by atoms with Crippen LogP contribution < -0.4 is 0 Å². The van der Waals surface area contributed by atoms with Crippen LogP contribution in [-0.2, 0) is 21.3 Å². The van der Waals surface area contributed by atoms with E-state index in [0.717, 1.165) is 11.6 Å². The van der Waals surface area contributed by atoms with Crippen molar-refractivity contribution in [2.45, 2.75) is 6.04 Å². The Morgan fingerprint density at radius 2 is 2.08 bits per heavy atom. The summed E-state index contributed by atoms with van der Waals surface area (Å²) in [5.74, 6) is 0. The van der Waals surface area contributed by atoms with Crippen molar-refractivity contribution in [3.05, 3.63) is 35.9 Å². The first-order valence-corrected chi connectivity index (χ1v) is 6.13. The van der Waals surface area contributed by atoms with Crippen molar-refractivity contribution >= 4 is 21.1 Å². The zero-order valence-corrected chi connectivity index (χ0v) is 8.66. The summed E-state index contributed by atoms with van der Waals surface area (Å²) in [6.07, 6.45) is 0. The molecule has 0 saturated heterocycles. The van der Waals surface area contributed by atoms with E-state index in [1.165, 1.54) is 0 Å². The fourth-order valence-electron chi connectivity index (χ4n) is 0.872. The molecule has 0 saturated carbocycles. The van der Waals surface area contributed by atoms with Crippen molar-refractivity contribution in [2.75, 3.05) is 0 Å². The molecule has 0 aromatic heterocycles. The number of benzene rings is 1. The number of hydrogen-bond acceptors (Lipinski definition) is 3. The minimum Gasteiger partial charge on any atom is -0.750 e. The maximum Gasteiger partial charge on any atom is 0.186 e. The largest absolute Gasteiger partial charge is 0.750 e. The SMILES string of the molecule is O=S([O-])O[SiH2]Cc1ccccc1. The quantitative estimate of drug-likeness (QED) is 0.512. The van der Waals surface area contributed by atoms with Gasteiger partial charge in [0.15, 0.2) is 9.76 Å². The molecule has 1 atom stereocenters. The maximum absolute atomic E-state index is 10.0. The zero-order chi connectivity index (χ0) is 8.81. The molecule has 0 fully saturated rings. The minimum atomic E-state index is -2.33. The van der Waals surface area contributed by atoms with E-state index in [9.17, 15) is 8.76 Å². The third-order valence-electron chi connectivity index (χ3n) is 1.41. The van der Waals surface area contributed by atoms with Crippen molar-refractivity contribution in [3.63, 3.8) is 0 Å². The smallest absolute Gasteiger partial charge is 0.186 e. The van der Waals surface area contributed by atoms with Gasteiger partial charge in [0.1, 0.15) is 0 Å². The predicted molar refractivity (Wildman–Crippen MR) is 48.7 cm³/mol. The molecule has 1 aromatic carbocycles. The fraction of sp³-hybridized carbons (Fsp3) is 0.143. The standard InChI is InChI=1S/C7H10O3SSi/c8-11(9)10-12-6-7-4-2-1-3-5-7/h1-5H,6,12H2,(H,8,9)/p-1. The van der Waals surface area contributed by atoms with Crippen LogP contribution in [0, 0.1) is 0 Å². The van der Waals surface area contributed by atoms with Crippen LogP contribution in [0.15, 0.2) is 30.3 Å². The molecule has 0 aliphatic heterocycles. The van der Waals surface area contributed by atoms with E-state index in [1.54, 1.807) is 0 Å². The molecule has 0 heterocycles. The van der Waals surface area contributed by atoms with Gasteiger partial charge < -0.3 is 8.42 Å². The van der Waals surface area contributed by atoms with Gasteiger partial charge in [-0.05, 0) is 11.6 Å². The van der Waals surface area contributed by atoms with E-state index in [-0.39, 0.29) is 0 Å². The summed E-state index contributed by atoms with van der Waals surface area (Å²) in [4.78, 5) is 0. The summed E-state index contributed by atoms with van der Waals surface area (Å²) in [5, 5.41) is 0. The van der Waals surface area contributed by atoms with E-state index < -0.39 is 21.1 Å². The van der Waals surface area contributed by atoms with Crippen LogP contribution in [0.3, 0.4) is 0 Å². The highest BCUT2D eigenvalue weighted by atomic mass is 32.2. The van der Waals surface area contributed by atoms with Gasteiger partial charge in [-0.1, -0.05) is 30.3 Å². The molecule has 0 spiro atoms. The van der Waals surface area contributed by atoms with E-state index >= 15 is 0 Å². The highest BCUT2D eigenvalue weighted by Crippen LogP contribution is 1.98. The first-order chi connectivity index (χ1) is 5.79. The third-order valence-corrected chi connectivity index (χ3v) is 3.63. The van der Waals surface area contributed by atoms with Crippen molar-refractivity contribution in [1.82, 2.24) is 0 Å². The van der Waals surface area contributed by atoms with E-state index in [1.807, 2.05) is 30.3 Å². The summed E-state index contributed by atoms with van der Waals surface area (Å²) in [6, 6.07) is 10.5. The van der Waals surface area contributed by atoms with Crippen LogP contribution in [0.4, 0.5) is 0 Å². The summed E-state index contributed by atoms with van der Waals surface area (Å²) >= 11 is -2.33. The Bertz CT molecular complexity index is 252. The number of hydrogen-bond donors (Lipinski definition) is 0. The van der Waals surface area contributed by atoms with Gasteiger partial charge in [0.25, 0.3) is 0 Å². The van der Waals surface area contributed by atoms with Crippen molar-refractivity contribution in [3.8, 4) is 0 Å². The molecule has 1 aromatic rings. The lowest BCUT2D eigenvalue weighted by Gasteiger charge is -2.04. The zero-order valence-electron chi connectivity index (χ0n) is 6.43. The van der Waals surface area contributed by atoms with Crippen LogP contribution in [0.25, 0.3) is 0 Å². The summed E-state index contributed by atoms with van der Waals surface area (Å²) in [5.41, 5.74) is 1.13. The lowest BCUT2D eigenvalue weighted by Crippen LogP contribution is -2.04.